The van der Waals surface area contributed by atoms with Gasteiger partial charge in [-0.2, -0.15) is 0 Å². The molecule has 5 rings (SSSR count). The number of rotatable bonds is 3. The zero-order valence-corrected chi connectivity index (χ0v) is 15.4. The third-order valence-electron chi connectivity index (χ3n) is 6.28. The van der Waals surface area contributed by atoms with E-state index in [-0.39, 0.29) is 36.4 Å². The van der Waals surface area contributed by atoms with Gasteiger partial charge in [0.2, 0.25) is 11.8 Å². The van der Waals surface area contributed by atoms with Crippen LogP contribution < -0.4 is 0 Å². The highest BCUT2D eigenvalue weighted by atomic mass is 16.5. The van der Waals surface area contributed by atoms with Crippen LogP contribution in [-0.4, -0.2) is 51.4 Å². The van der Waals surface area contributed by atoms with Crippen LogP contribution in [0, 0.1) is 6.92 Å². The van der Waals surface area contributed by atoms with Crippen LogP contribution in [0.2, 0.25) is 0 Å². The van der Waals surface area contributed by atoms with Crippen LogP contribution >= 0.6 is 0 Å². The Kier molecular flexibility index (Phi) is 3.81. The highest BCUT2D eigenvalue weighted by molar-refractivity contribution is 5.84. The molecule has 3 aliphatic rings. The third-order valence-corrected chi connectivity index (χ3v) is 6.28. The van der Waals surface area contributed by atoms with Gasteiger partial charge in [-0.3, -0.25) is 9.59 Å². The van der Waals surface area contributed by atoms with Gasteiger partial charge in [0.15, 0.2) is 0 Å². The second-order valence-corrected chi connectivity index (χ2v) is 7.96. The Labute approximate surface area is 158 Å². The van der Waals surface area contributed by atoms with E-state index in [4.69, 9.17) is 4.52 Å². The van der Waals surface area contributed by atoms with E-state index in [1.54, 1.807) is 6.07 Å². The summed E-state index contributed by atoms with van der Waals surface area (Å²) in [5, 5.41) is 3.85. The molecule has 0 bridgehead atoms. The van der Waals surface area contributed by atoms with Gasteiger partial charge in [0.25, 0.3) is 0 Å². The second kappa shape index (κ2) is 6.22. The number of carbonyl (C=O) groups is 2. The van der Waals surface area contributed by atoms with Crippen molar-refractivity contribution in [2.45, 2.75) is 57.2 Å². The summed E-state index contributed by atoms with van der Waals surface area (Å²) in [5.41, 5.74) is 3.48. The number of nitrogens with zero attached hydrogens (tertiary/aromatic N) is 3. The van der Waals surface area contributed by atoms with Crippen LogP contribution in [0.1, 0.15) is 35.4 Å². The first-order valence-corrected chi connectivity index (χ1v) is 9.70. The Hall–Kier alpha value is -2.63. The maximum Gasteiger partial charge on any atom is 0.230 e. The Morgan fingerprint density at radius 3 is 2.59 bits per heavy atom. The smallest absolute Gasteiger partial charge is 0.230 e. The summed E-state index contributed by atoms with van der Waals surface area (Å²) < 4.78 is 5.19. The number of likely N-dealkylation sites (tertiary alicyclic amines) is 2. The molecule has 2 aromatic rings. The molecule has 1 aliphatic carbocycles. The summed E-state index contributed by atoms with van der Waals surface area (Å²) in [5.74, 6) is 0.812. The third kappa shape index (κ3) is 2.74. The van der Waals surface area contributed by atoms with E-state index in [1.165, 1.54) is 11.1 Å². The molecular formula is C21H23N3O3. The molecule has 2 fully saturated rings. The van der Waals surface area contributed by atoms with Gasteiger partial charge >= 0.3 is 0 Å². The van der Waals surface area contributed by atoms with E-state index < -0.39 is 0 Å². The predicted molar refractivity (Wildman–Crippen MR) is 98.0 cm³/mol. The Balaban J connectivity index is 1.30. The van der Waals surface area contributed by atoms with E-state index in [0.717, 1.165) is 25.0 Å². The maximum absolute atomic E-state index is 12.8. The van der Waals surface area contributed by atoms with Gasteiger partial charge in [-0.15, -0.1) is 0 Å². The zero-order valence-electron chi connectivity index (χ0n) is 15.4. The maximum atomic E-state index is 12.8. The van der Waals surface area contributed by atoms with Crippen LogP contribution in [0.25, 0.3) is 0 Å². The summed E-state index contributed by atoms with van der Waals surface area (Å²) in [6.07, 6.45) is 3.38. The van der Waals surface area contributed by atoms with Crippen LogP contribution in [0.4, 0.5) is 0 Å². The number of aromatic nitrogens is 1. The van der Waals surface area contributed by atoms with Crippen molar-refractivity contribution >= 4 is 11.8 Å². The first-order valence-electron chi connectivity index (χ1n) is 9.70. The van der Waals surface area contributed by atoms with E-state index in [2.05, 4.69) is 34.3 Å². The monoisotopic (exact) mass is 365 g/mol. The van der Waals surface area contributed by atoms with Gasteiger partial charge in [0.05, 0.1) is 24.2 Å². The number of carbonyl (C=O) groups excluding carboxylic acids is 2. The molecule has 2 aliphatic heterocycles. The van der Waals surface area contributed by atoms with E-state index in [0.29, 0.717) is 18.7 Å². The minimum atomic E-state index is -0.00210. The number of benzene rings is 1. The van der Waals surface area contributed by atoms with Gasteiger partial charge in [-0.1, -0.05) is 29.4 Å². The number of fused-ring (bicyclic) bond motifs is 2. The number of hydrogen-bond acceptors (Lipinski definition) is 4. The van der Waals surface area contributed by atoms with Crippen molar-refractivity contribution in [1.82, 2.24) is 15.0 Å². The minimum absolute atomic E-state index is 0.00210. The Bertz CT molecular complexity index is 881. The van der Waals surface area contributed by atoms with Crippen LogP contribution in [-0.2, 0) is 28.9 Å². The Morgan fingerprint density at radius 2 is 1.93 bits per heavy atom. The average molecular weight is 365 g/mol. The molecule has 140 valence electrons. The van der Waals surface area contributed by atoms with Crippen molar-refractivity contribution in [3.8, 4) is 0 Å². The quantitative estimate of drug-likeness (QED) is 0.833. The Morgan fingerprint density at radius 1 is 1.19 bits per heavy atom. The van der Waals surface area contributed by atoms with E-state index >= 15 is 0 Å². The predicted octanol–water partition coefficient (Wildman–Crippen LogP) is 1.89. The molecule has 27 heavy (non-hydrogen) atoms. The summed E-state index contributed by atoms with van der Waals surface area (Å²) in [7, 11) is 0. The lowest BCUT2D eigenvalue weighted by atomic mass is 10.1. The minimum Gasteiger partial charge on any atom is -0.361 e. The van der Waals surface area contributed by atoms with Gasteiger partial charge in [-0.05, 0) is 37.3 Å². The van der Waals surface area contributed by atoms with Crippen molar-refractivity contribution in [1.29, 1.82) is 0 Å². The topological polar surface area (TPSA) is 66.7 Å². The summed E-state index contributed by atoms with van der Waals surface area (Å²) in [6, 6.07) is 10.6. The molecule has 2 amide bonds. The van der Waals surface area contributed by atoms with E-state index in [9.17, 15) is 9.59 Å². The normalized spacial score (nSPS) is 24.6. The van der Waals surface area contributed by atoms with E-state index in [1.807, 2.05) is 11.8 Å². The molecule has 0 saturated carbocycles. The van der Waals surface area contributed by atoms with Crippen LogP contribution in [0.3, 0.4) is 0 Å². The molecule has 2 atom stereocenters. The molecule has 0 unspecified atom stereocenters. The van der Waals surface area contributed by atoms with Gasteiger partial charge in [-0.25, -0.2) is 0 Å². The molecule has 0 spiro atoms. The highest BCUT2D eigenvalue weighted by Gasteiger charge is 2.50. The highest BCUT2D eigenvalue weighted by Crippen LogP contribution is 2.37. The second-order valence-electron chi connectivity index (χ2n) is 7.96. The molecule has 6 nitrogen and oxygen atoms in total. The van der Waals surface area contributed by atoms with Crippen LogP contribution in [0.5, 0.6) is 0 Å². The molecule has 1 aromatic carbocycles. The molecular weight excluding hydrogens is 342 g/mol. The molecule has 0 radical (unpaired) electrons. The average Bonchev–Trinajstić information content (AvgIpc) is 3.38. The van der Waals surface area contributed by atoms with Gasteiger partial charge in [0, 0.05) is 25.1 Å². The molecule has 0 N–H and O–H groups in total. The first kappa shape index (κ1) is 16.5. The van der Waals surface area contributed by atoms with Crippen LogP contribution in [0.15, 0.2) is 34.9 Å². The number of aryl methyl sites for hydroxylation is 1. The number of amides is 2. The molecule has 6 heteroatoms. The first-order chi connectivity index (χ1) is 13.1. The largest absolute Gasteiger partial charge is 0.361 e. The summed E-state index contributed by atoms with van der Waals surface area (Å²) in [6.45, 7) is 2.56. The molecule has 1 aromatic heterocycles. The standard InChI is InChI=1S/C21H23N3O3/c1-13-8-17(27-22-13)11-20(25)23-7-6-18-19(23)12-21(26)24(18)16-9-14-4-2-3-5-15(14)10-16/h2-5,8,16,18-19H,6-7,9-12H2,1H3/t18-,19-/m0/s1. The van der Waals surface area contributed by atoms with Gasteiger partial charge < -0.3 is 14.3 Å². The lowest BCUT2D eigenvalue weighted by Crippen LogP contribution is -2.45. The number of hydrogen-bond donors (Lipinski definition) is 0. The van der Waals surface area contributed by atoms with Crippen molar-refractivity contribution in [3.63, 3.8) is 0 Å². The van der Waals surface area contributed by atoms with Crippen molar-refractivity contribution in [2.75, 3.05) is 6.54 Å². The molecule has 3 heterocycles. The van der Waals surface area contributed by atoms with Gasteiger partial charge in [0.1, 0.15) is 5.76 Å². The molecule has 2 saturated heterocycles. The lowest BCUT2D eigenvalue weighted by Gasteiger charge is -2.30. The van der Waals surface area contributed by atoms with Crippen molar-refractivity contribution < 1.29 is 14.1 Å². The summed E-state index contributed by atoms with van der Waals surface area (Å²) >= 11 is 0. The zero-order chi connectivity index (χ0) is 18.5. The fraction of sp³-hybridized carbons (Fsp3) is 0.476. The fourth-order valence-corrected chi connectivity index (χ4v) is 5.14. The SMILES string of the molecule is Cc1cc(CC(=O)N2CC[C@H]3[C@@H]2CC(=O)N3C2Cc3ccccc3C2)on1. The lowest BCUT2D eigenvalue weighted by molar-refractivity contribution is -0.132. The fourth-order valence-electron chi connectivity index (χ4n) is 5.14. The van der Waals surface area contributed by atoms with Crippen molar-refractivity contribution in [2.24, 2.45) is 0 Å². The van der Waals surface area contributed by atoms with Crippen molar-refractivity contribution in [3.05, 3.63) is 52.9 Å². The summed E-state index contributed by atoms with van der Waals surface area (Å²) in [4.78, 5) is 29.6.